The normalized spacial score (nSPS) is 22.1. The van der Waals surface area contributed by atoms with Crippen molar-refractivity contribution in [2.45, 2.75) is 33.6 Å². The molecule has 3 nitrogen and oxygen atoms in total. The Balaban J connectivity index is 2.50. The van der Waals surface area contributed by atoms with Crippen LogP contribution >= 0.6 is 0 Å². The van der Waals surface area contributed by atoms with Crippen LogP contribution in [0, 0.1) is 11.3 Å². The van der Waals surface area contributed by atoms with Crippen molar-refractivity contribution in [3.05, 3.63) is 0 Å². The monoisotopic (exact) mass is 212 g/mol. The van der Waals surface area contributed by atoms with E-state index in [-0.39, 0.29) is 5.41 Å². The van der Waals surface area contributed by atoms with E-state index in [0.717, 1.165) is 32.5 Å². The Morgan fingerprint density at radius 1 is 1.53 bits per heavy atom. The Hall–Kier alpha value is -0.570. The topological polar surface area (TPSA) is 32.3 Å². The minimum Gasteiger partial charge on any atom is -0.342 e. The molecule has 1 atom stereocenters. The van der Waals surface area contributed by atoms with Crippen LogP contribution in [0.2, 0.25) is 0 Å². The van der Waals surface area contributed by atoms with E-state index in [1.54, 1.807) is 0 Å². The van der Waals surface area contributed by atoms with E-state index in [0.29, 0.717) is 11.8 Å². The molecule has 0 aliphatic carbocycles. The van der Waals surface area contributed by atoms with E-state index in [1.807, 2.05) is 25.8 Å². The van der Waals surface area contributed by atoms with Gasteiger partial charge < -0.3 is 10.2 Å². The first kappa shape index (κ1) is 12.5. The minimum atomic E-state index is -0.186. The van der Waals surface area contributed by atoms with Crippen LogP contribution in [-0.4, -0.2) is 37.5 Å². The van der Waals surface area contributed by atoms with Crippen LogP contribution in [-0.2, 0) is 4.79 Å². The van der Waals surface area contributed by atoms with E-state index in [4.69, 9.17) is 0 Å². The van der Waals surface area contributed by atoms with E-state index >= 15 is 0 Å². The maximum absolute atomic E-state index is 12.2. The summed E-state index contributed by atoms with van der Waals surface area (Å²) in [6.07, 6.45) is 2.06. The van der Waals surface area contributed by atoms with Gasteiger partial charge in [-0.1, -0.05) is 20.8 Å². The Bertz CT molecular complexity index is 226. The van der Waals surface area contributed by atoms with Crippen LogP contribution in [0.5, 0.6) is 0 Å². The molecule has 0 spiro atoms. The van der Waals surface area contributed by atoms with E-state index in [2.05, 4.69) is 12.2 Å². The Morgan fingerprint density at radius 3 is 2.73 bits per heavy atom. The van der Waals surface area contributed by atoms with Gasteiger partial charge in [0.1, 0.15) is 0 Å². The highest BCUT2D eigenvalue weighted by Crippen LogP contribution is 2.26. The number of likely N-dealkylation sites (tertiary alicyclic amines) is 1. The number of rotatable bonds is 4. The molecule has 0 bridgehead atoms. The number of nitrogens with zero attached hydrogens (tertiary/aromatic N) is 1. The Morgan fingerprint density at radius 2 is 2.20 bits per heavy atom. The maximum Gasteiger partial charge on any atom is 0.228 e. The fourth-order valence-electron chi connectivity index (χ4n) is 2.05. The summed E-state index contributed by atoms with van der Waals surface area (Å²) < 4.78 is 0. The second-order valence-corrected chi connectivity index (χ2v) is 5.20. The SMILES string of the molecule is CCC(C)(C)C(=O)N1CCC(CNC)C1. The van der Waals surface area contributed by atoms with Crippen molar-refractivity contribution >= 4 is 5.91 Å². The van der Waals surface area contributed by atoms with Crippen molar-refractivity contribution in [3.8, 4) is 0 Å². The number of amides is 1. The summed E-state index contributed by atoms with van der Waals surface area (Å²) in [5, 5.41) is 3.18. The average Bonchev–Trinajstić information content (AvgIpc) is 2.66. The van der Waals surface area contributed by atoms with E-state index in [9.17, 15) is 4.79 Å². The van der Waals surface area contributed by atoms with Crippen LogP contribution in [0.1, 0.15) is 33.6 Å². The molecule has 1 fully saturated rings. The van der Waals surface area contributed by atoms with Crippen molar-refractivity contribution in [3.63, 3.8) is 0 Å². The molecule has 1 heterocycles. The molecule has 1 amide bonds. The molecule has 1 saturated heterocycles. The summed E-state index contributed by atoms with van der Waals surface area (Å²) in [6, 6.07) is 0. The van der Waals surface area contributed by atoms with E-state index < -0.39 is 0 Å². The zero-order chi connectivity index (χ0) is 11.5. The third-order valence-corrected chi connectivity index (χ3v) is 3.53. The molecular weight excluding hydrogens is 188 g/mol. The van der Waals surface area contributed by atoms with Gasteiger partial charge in [0.2, 0.25) is 5.91 Å². The predicted molar refractivity (Wildman–Crippen MR) is 62.7 cm³/mol. The Labute approximate surface area is 93.2 Å². The van der Waals surface area contributed by atoms with Gasteiger partial charge in [-0.25, -0.2) is 0 Å². The highest BCUT2D eigenvalue weighted by molar-refractivity contribution is 5.82. The quantitative estimate of drug-likeness (QED) is 0.766. The minimum absolute atomic E-state index is 0.186. The van der Waals surface area contributed by atoms with Gasteiger partial charge in [-0.15, -0.1) is 0 Å². The van der Waals surface area contributed by atoms with Gasteiger partial charge in [-0.2, -0.15) is 0 Å². The third-order valence-electron chi connectivity index (χ3n) is 3.53. The zero-order valence-electron chi connectivity index (χ0n) is 10.5. The first-order valence-corrected chi connectivity index (χ1v) is 5.95. The van der Waals surface area contributed by atoms with Gasteiger partial charge in [-0.3, -0.25) is 4.79 Å². The van der Waals surface area contributed by atoms with Crippen molar-refractivity contribution in [2.24, 2.45) is 11.3 Å². The molecule has 15 heavy (non-hydrogen) atoms. The van der Waals surface area contributed by atoms with Gasteiger partial charge in [-0.05, 0) is 32.4 Å². The second-order valence-electron chi connectivity index (χ2n) is 5.20. The lowest BCUT2D eigenvalue weighted by atomic mass is 9.88. The summed E-state index contributed by atoms with van der Waals surface area (Å²) in [4.78, 5) is 14.2. The van der Waals surface area contributed by atoms with Crippen molar-refractivity contribution in [2.75, 3.05) is 26.7 Å². The first-order valence-electron chi connectivity index (χ1n) is 5.95. The molecule has 0 saturated carbocycles. The van der Waals surface area contributed by atoms with E-state index in [1.165, 1.54) is 0 Å². The lowest BCUT2D eigenvalue weighted by molar-refractivity contribution is -0.139. The molecule has 1 unspecified atom stereocenters. The first-order chi connectivity index (χ1) is 7.01. The number of hydrogen-bond acceptors (Lipinski definition) is 2. The Kier molecular flexibility index (Phi) is 4.14. The van der Waals surface area contributed by atoms with Gasteiger partial charge in [0.25, 0.3) is 0 Å². The molecule has 0 aromatic carbocycles. The lowest BCUT2D eigenvalue weighted by Gasteiger charge is -2.28. The standard InChI is InChI=1S/C12H24N2O/c1-5-12(2,3)11(15)14-7-6-10(9-14)8-13-4/h10,13H,5-9H2,1-4H3. The molecule has 1 aliphatic heterocycles. The molecule has 0 radical (unpaired) electrons. The van der Waals surface area contributed by atoms with Crippen LogP contribution in [0.3, 0.4) is 0 Å². The van der Waals surface area contributed by atoms with Crippen molar-refractivity contribution in [1.82, 2.24) is 10.2 Å². The summed E-state index contributed by atoms with van der Waals surface area (Å²) in [7, 11) is 1.97. The highest BCUT2D eigenvalue weighted by atomic mass is 16.2. The third kappa shape index (κ3) is 2.94. The number of nitrogens with one attached hydrogen (secondary N) is 1. The van der Waals surface area contributed by atoms with Gasteiger partial charge in [0.15, 0.2) is 0 Å². The number of hydrogen-bond donors (Lipinski definition) is 1. The molecule has 88 valence electrons. The second kappa shape index (κ2) is 4.97. The zero-order valence-corrected chi connectivity index (χ0v) is 10.5. The van der Waals surface area contributed by atoms with Crippen LogP contribution < -0.4 is 5.32 Å². The molecule has 1 N–H and O–H groups in total. The number of carbonyl (C=O) groups excluding carboxylic acids is 1. The number of carbonyl (C=O) groups is 1. The van der Waals surface area contributed by atoms with Gasteiger partial charge in [0.05, 0.1) is 0 Å². The molecular formula is C12H24N2O. The fourth-order valence-corrected chi connectivity index (χ4v) is 2.05. The van der Waals surface area contributed by atoms with Crippen molar-refractivity contribution < 1.29 is 4.79 Å². The summed E-state index contributed by atoms with van der Waals surface area (Å²) >= 11 is 0. The van der Waals surface area contributed by atoms with Gasteiger partial charge >= 0.3 is 0 Å². The summed E-state index contributed by atoms with van der Waals surface area (Å²) in [5.41, 5.74) is -0.186. The molecule has 0 aromatic rings. The molecule has 1 aliphatic rings. The van der Waals surface area contributed by atoms with Crippen LogP contribution in [0.25, 0.3) is 0 Å². The smallest absolute Gasteiger partial charge is 0.228 e. The fraction of sp³-hybridized carbons (Fsp3) is 0.917. The van der Waals surface area contributed by atoms with Crippen LogP contribution in [0.15, 0.2) is 0 Å². The molecule has 1 rings (SSSR count). The average molecular weight is 212 g/mol. The molecule has 0 aromatic heterocycles. The highest BCUT2D eigenvalue weighted by Gasteiger charge is 2.34. The maximum atomic E-state index is 12.2. The summed E-state index contributed by atoms with van der Waals surface area (Å²) in [6.45, 7) is 9.06. The van der Waals surface area contributed by atoms with Crippen molar-refractivity contribution in [1.29, 1.82) is 0 Å². The van der Waals surface area contributed by atoms with Gasteiger partial charge in [0, 0.05) is 18.5 Å². The lowest BCUT2D eigenvalue weighted by Crippen LogP contribution is -2.39. The predicted octanol–water partition coefficient (Wildman–Crippen LogP) is 1.49. The summed E-state index contributed by atoms with van der Waals surface area (Å²) in [5.74, 6) is 0.968. The largest absolute Gasteiger partial charge is 0.342 e. The molecule has 3 heteroatoms. The van der Waals surface area contributed by atoms with Crippen LogP contribution in [0.4, 0.5) is 0 Å².